The second-order valence-electron chi connectivity index (χ2n) is 6.61. The molecule has 3 aromatic rings. The van der Waals surface area contributed by atoms with Crippen LogP contribution in [0.15, 0.2) is 55.1 Å². The minimum Gasteiger partial charge on any atom is -0.482 e. The molecule has 1 atom stereocenters. The molecule has 0 aliphatic heterocycles. The van der Waals surface area contributed by atoms with Crippen molar-refractivity contribution in [2.45, 2.75) is 33.1 Å². The number of nitrogens with one attached hydrogen (secondary N) is 1. The van der Waals surface area contributed by atoms with Crippen LogP contribution in [0, 0.1) is 6.92 Å². The predicted octanol–water partition coefficient (Wildman–Crippen LogP) is 4.11. The lowest BCUT2D eigenvalue weighted by Gasteiger charge is -2.16. The molecule has 1 unspecified atom stereocenters. The molecule has 1 amide bonds. The van der Waals surface area contributed by atoms with Crippen LogP contribution in [-0.2, 0) is 4.79 Å². The Kier molecular flexibility index (Phi) is 5.86. The number of nitrogens with zero attached hydrogens (tertiary/aromatic N) is 3. The number of hydrogen-bond donors (Lipinski definition) is 1. The van der Waals surface area contributed by atoms with Crippen molar-refractivity contribution in [1.82, 2.24) is 14.8 Å². The third-order valence-corrected chi connectivity index (χ3v) is 4.56. The number of hydrogen-bond acceptors (Lipinski definition) is 4. The molecular weight excluding hydrogens is 340 g/mol. The lowest BCUT2D eigenvalue weighted by atomic mass is 9.98. The van der Waals surface area contributed by atoms with Gasteiger partial charge in [0.2, 0.25) is 0 Å². The fourth-order valence-corrected chi connectivity index (χ4v) is 2.70. The molecule has 2 aromatic carbocycles. The van der Waals surface area contributed by atoms with Gasteiger partial charge < -0.3 is 10.1 Å². The number of ether oxygens (including phenoxy) is 1. The van der Waals surface area contributed by atoms with Gasteiger partial charge in [-0.05, 0) is 49.1 Å². The molecule has 0 saturated carbocycles. The molecule has 1 N–H and O–H groups in total. The number of benzene rings is 2. The summed E-state index contributed by atoms with van der Waals surface area (Å²) >= 11 is 0. The summed E-state index contributed by atoms with van der Waals surface area (Å²) < 4.78 is 7.59. The zero-order valence-electron chi connectivity index (χ0n) is 15.8. The standard InChI is InChI=1S/C21H24N4O2/c1-4-16(3)17-7-10-20(19(11-17)25-13-22-23-14-25)27-12-21(26)24-18-8-5-15(2)6-9-18/h5-11,13-14,16H,4,12H2,1-3H3,(H,24,26). The van der Waals surface area contributed by atoms with Crippen LogP contribution < -0.4 is 10.1 Å². The summed E-state index contributed by atoms with van der Waals surface area (Å²) in [6, 6.07) is 13.6. The molecule has 0 aliphatic rings. The number of anilines is 1. The summed E-state index contributed by atoms with van der Waals surface area (Å²) in [5, 5.41) is 10.6. The molecule has 0 fully saturated rings. The Balaban J connectivity index is 1.73. The molecular formula is C21H24N4O2. The zero-order valence-corrected chi connectivity index (χ0v) is 15.8. The van der Waals surface area contributed by atoms with Crippen LogP contribution in [0.3, 0.4) is 0 Å². The highest BCUT2D eigenvalue weighted by molar-refractivity contribution is 5.91. The Hall–Kier alpha value is -3.15. The monoisotopic (exact) mass is 364 g/mol. The average Bonchev–Trinajstić information content (AvgIpc) is 3.22. The van der Waals surface area contributed by atoms with Crippen molar-refractivity contribution < 1.29 is 9.53 Å². The van der Waals surface area contributed by atoms with Gasteiger partial charge in [-0.15, -0.1) is 10.2 Å². The summed E-state index contributed by atoms with van der Waals surface area (Å²) in [5.74, 6) is 0.833. The molecule has 140 valence electrons. The Morgan fingerprint density at radius 3 is 2.52 bits per heavy atom. The van der Waals surface area contributed by atoms with E-state index in [1.54, 1.807) is 17.2 Å². The molecule has 0 radical (unpaired) electrons. The van der Waals surface area contributed by atoms with Gasteiger partial charge in [0.15, 0.2) is 6.61 Å². The first kappa shape index (κ1) is 18.6. The van der Waals surface area contributed by atoms with Crippen LogP contribution in [0.2, 0.25) is 0 Å². The molecule has 0 spiro atoms. The molecule has 6 nitrogen and oxygen atoms in total. The van der Waals surface area contributed by atoms with Crippen molar-refractivity contribution in [2.75, 3.05) is 11.9 Å². The van der Waals surface area contributed by atoms with Gasteiger partial charge in [0.1, 0.15) is 18.4 Å². The molecule has 6 heteroatoms. The number of aryl methyl sites for hydroxylation is 1. The van der Waals surface area contributed by atoms with E-state index in [4.69, 9.17) is 4.74 Å². The summed E-state index contributed by atoms with van der Waals surface area (Å²) in [7, 11) is 0. The van der Waals surface area contributed by atoms with Gasteiger partial charge in [-0.3, -0.25) is 9.36 Å². The Morgan fingerprint density at radius 1 is 1.15 bits per heavy atom. The summed E-state index contributed by atoms with van der Waals surface area (Å²) in [5.41, 5.74) is 3.92. The third-order valence-electron chi connectivity index (χ3n) is 4.56. The Morgan fingerprint density at radius 2 is 1.85 bits per heavy atom. The van der Waals surface area contributed by atoms with Gasteiger partial charge >= 0.3 is 0 Å². The van der Waals surface area contributed by atoms with E-state index in [9.17, 15) is 4.79 Å². The molecule has 0 saturated heterocycles. The molecule has 1 heterocycles. The molecule has 27 heavy (non-hydrogen) atoms. The molecule has 0 aliphatic carbocycles. The zero-order chi connectivity index (χ0) is 19.2. The summed E-state index contributed by atoms with van der Waals surface area (Å²) in [6.45, 7) is 6.26. The van der Waals surface area contributed by atoms with Crippen LogP contribution in [0.1, 0.15) is 37.3 Å². The SMILES string of the molecule is CCC(C)c1ccc(OCC(=O)Nc2ccc(C)cc2)c(-n2cnnc2)c1. The number of rotatable bonds is 7. The highest BCUT2D eigenvalue weighted by Crippen LogP contribution is 2.28. The first-order valence-corrected chi connectivity index (χ1v) is 9.05. The van der Waals surface area contributed by atoms with Crippen LogP contribution in [0.25, 0.3) is 5.69 Å². The van der Waals surface area contributed by atoms with Crippen molar-refractivity contribution in [3.63, 3.8) is 0 Å². The van der Waals surface area contributed by atoms with Crippen molar-refractivity contribution in [1.29, 1.82) is 0 Å². The second-order valence-corrected chi connectivity index (χ2v) is 6.61. The highest BCUT2D eigenvalue weighted by atomic mass is 16.5. The van der Waals surface area contributed by atoms with E-state index in [0.29, 0.717) is 11.7 Å². The van der Waals surface area contributed by atoms with E-state index in [0.717, 1.165) is 23.4 Å². The van der Waals surface area contributed by atoms with E-state index in [2.05, 4.69) is 35.4 Å². The number of amides is 1. The van der Waals surface area contributed by atoms with Crippen molar-refractivity contribution in [3.05, 3.63) is 66.2 Å². The maximum absolute atomic E-state index is 12.2. The van der Waals surface area contributed by atoms with Gasteiger partial charge in [-0.25, -0.2) is 0 Å². The Labute approximate surface area is 159 Å². The van der Waals surface area contributed by atoms with Gasteiger partial charge in [-0.1, -0.05) is 37.6 Å². The minimum atomic E-state index is -0.209. The molecule has 3 rings (SSSR count). The molecule has 1 aromatic heterocycles. The van der Waals surface area contributed by atoms with E-state index < -0.39 is 0 Å². The minimum absolute atomic E-state index is 0.0777. The van der Waals surface area contributed by atoms with Crippen molar-refractivity contribution >= 4 is 11.6 Å². The van der Waals surface area contributed by atoms with E-state index in [1.807, 2.05) is 43.3 Å². The van der Waals surface area contributed by atoms with Crippen LogP contribution in [-0.4, -0.2) is 27.3 Å². The summed E-state index contributed by atoms with van der Waals surface area (Å²) in [4.78, 5) is 12.2. The predicted molar refractivity (Wildman–Crippen MR) is 105 cm³/mol. The van der Waals surface area contributed by atoms with Gasteiger partial charge in [0, 0.05) is 5.69 Å². The number of carbonyl (C=O) groups excluding carboxylic acids is 1. The fourth-order valence-electron chi connectivity index (χ4n) is 2.70. The average molecular weight is 364 g/mol. The van der Waals surface area contributed by atoms with Crippen LogP contribution in [0.5, 0.6) is 5.75 Å². The lowest BCUT2D eigenvalue weighted by molar-refractivity contribution is -0.118. The smallest absolute Gasteiger partial charge is 0.262 e. The van der Waals surface area contributed by atoms with E-state index in [-0.39, 0.29) is 12.5 Å². The van der Waals surface area contributed by atoms with E-state index >= 15 is 0 Å². The van der Waals surface area contributed by atoms with Crippen molar-refractivity contribution in [3.8, 4) is 11.4 Å². The van der Waals surface area contributed by atoms with Gasteiger partial charge in [-0.2, -0.15) is 0 Å². The lowest BCUT2D eigenvalue weighted by Crippen LogP contribution is -2.20. The maximum atomic E-state index is 12.2. The number of aromatic nitrogens is 3. The third kappa shape index (κ3) is 4.73. The van der Waals surface area contributed by atoms with Gasteiger partial charge in [0.05, 0.1) is 5.69 Å². The number of carbonyl (C=O) groups is 1. The fraction of sp³-hybridized carbons (Fsp3) is 0.286. The maximum Gasteiger partial charge on any atom is 0.262 e. The second kappa shape index (κ2) is 8.49. The molecule has 0 bridgehead atoms. The van der Waals surface area contributed by atoms with Crippen molar-refractivity contribution in [2.24, 2.45) is 0 Å². The summed E-state index contributed by atoms with van der Waals surface area (Å²) in [6.07, 6.45) is 4.28. The quantitative estimate of drug-likeness (QED) is 0.685. The normalized spacial score (nSPS) is 11.8. The highest BCUT2D eigenvalue weighted by Gasteiger charge is 2.12. The van der Waals surface area contributed by atoms with Gasteiger partial charge in [0.25, 0.3) is 5.91 Å². The Bertz CT molecular complexity index is 889. The van der Waals surface area contributed by atoms with E-state index in [1.165, 1.54) is 5.56 Å². The van der Waals surface area contributed by atoms with Crippen LogP contribution in [0.4, 0.5) is 5.69 Å². The first-order chi connectivity index (χ1) is 13.1. The topological polar surface area (TPSA) is 69.0 Å². The van der Waals surface area contributed by atoms with Crippen LogP contribution >= 0.6 is 0 Å². The largest absolute Gasteiger partial charge is 0.482 e. The first-order valence-electron chi connectivity index (χ1n) is 9.05.